The molecule has 2 aromatic carbocycles. The molecule has 0 aliphatic carbocycles. The minimum atomic E-state index is -0.793. The molecule has 7 heteroatoms. The molecule has 1 unspecified atom stereocenters. The van der Waals surface area contributed by atoms with Gasteiger partial charge in [0.2, 0.25) is 0 Å². The van der Waals surface area contributed by atoms with Crippen LogP contribution in [0.5, 0.6) is 0 Å². The van der Waals surface area contributed by atoms with E-state index in [4.69, 9.17) is 4.84 Å². The second kappa shape index (κ2) is 5.55. The van der Waals surface area contributed by atoms with E-state index in [1.165, 1.54) is 12.1 Å². The van der Waals surface area contributed by atoms with Gasteiger partial charge in [-0.3, -0.25) is 14.4 Å². The lowest BCUT2D eigenvalue weighted by molar-refractivity contribution is -0.170. The molecule has 1 atom stereocenters. The van der Waals surface area contributed by atoms with Crippen LogP contribution in [0.4, 0.5) is 0 Å². The van der Waals surface area contributed by atoms with Crippen molar-refractivity contribution in [1.29, 1.82) is 0 Å². The molecule has 1 N–H and O–H groups in total. The molecule has 3 amide bonds. The van der Waals surface area contributed by atoms with Crippen LogP contribution < -0.4 is 5.32 Å². The summed E-state index contributed by atoms with van der Waals surface area (Å²) < 4.78 is 0. The topological polar surface area (TPSA) is 92.8 Å². The lowest BCUT2D eigenvalue weighted by atomic mass is 9.90. The molecule has 25 heavy (non-hydrogen) atoms. The number of benzene rings is 2. The molecule has 4 rings (SSSR count). The van der Waals surface area contributed by atoms with E-state index in [0.29, 0.717) is 16.2 Å². The fraction of sp³-hybridized carbons (Fsp3) is 0.111. The standard InChI is InChI=1S/C18H12N2O5/c21-15-11-6-2-1-5-10(11)14(9-19-15)18(24)25-20-16(22)12-7-3-4-8-13(12)17(20)23/h1-8,14H,9H2,(H,19,21). The molecule has 0 spiro atoms. The summed E-state index contributed by atoms with van der Waals surface area (Å²) >= 11 is 0. The summed E-state index contributed by atoms with van der Waals surface area (Å²) in [6.07, 6.45) is 0. The number of hydrogen-bond acceptors (Lipinski definition) is 5. The van der Waals surface area contributed by atoms with Crippen LogP contribution >= 0.6 is 0 Å². The van der Waals surface area contributed by atoms with E-state index in [0.717, 1.165) is 0 Å². The Kier molecular flexibility index (Phi) is 3.35. The highest BCUT2D eigenvalue weighted by Crippen LogP contribution is 2.28. The molecular formula is C18H12N2O5. The smallest absolute Gasteiger partial charge is 0.342 e. The molecule has 0 radical (unpaired) electrons. The summed E-state index contributed by atoms with van der Waals surface area (Å²) in [6, 6.07) is 12.9. The third kappa shape index (κ3) is 2.28. The van der Waals surface area contributed by atoms with Crippen LogP contribution in [-0.2, 0) is 9.63 Å². The van der Waals surface area contributed by atoms with Crippen LogP contribution in [0.1, 0.15) is 42.6 Å². The van der Waals surface area contributed by atoms with Gasteiger partial charge in [0.05, 0.1) is 11.1 Å². The molecule has 0 saturated carbocycles. The van der Waals surface area contributed by atoms with Crippen molar-refractivity contribution >= 4 is 23.7 Å². The number of hydrogen-bond donors (Lipinski definition) is 1. The average molecular weight is 336 g/mol. The number of carbonyl (C=O) groups excluding carboxylic acids is 4. The first-order valence-electron chi connectivity index (χ1n) is 7.64. The Labute approximate surface area is 142 Å². The Bertz CT molecular complexity index is 902. The second-order valence-corrected chi connectivity index (χ2v) is 5.71. The molecule has 0 aromatic heterocycles. The number of hydroxylamine groups is 2. The molecule has 0 bridgehead atoms. The predicted octanol–water partition coefficient (Wildman–Crippen LogP) is 1.27. The maximum atomic E-state index is 12.5. The first kappa shape index (κ1) is 15.1. The summed E-state index contributed by atoms with van der Waals surface area (Å²) in [5.41, 5.74) is 1.27. The maximum Gasteiger partial charge on any atom is 0.342 e. The number of imide groups is 1. The molecule has 124 valence electrons. The number of nitrogens with one attached hydrogen (secondary N) is 1. The van der Waals surface area contributed by atoms with Gasteiger partial charge >= 0.3 is 5.97 Å². The van der Waals surface area contributed by atoms with E-state index >= 15 is 0 Å². The summed E-state index contributed by atoms with van der Waals surface area (Å²) in [5, 5.41) is 3.08. The molecule has 0 fully saturated rings. The Balaban J connectivity index is 1.60. The van der Waals surface area contributed by atoms with Gasteiger partial charge in [0, 0.05) is 12.1 Å². The van der Waals surface area contributed by atoms with E-state index in [-0.39, 0.29) is 23.6 Å². The summed E-state index contributed by atoms with van der Waals surface area (Å²) in [5.74, 6) is -3.20. The molecule has 2 aromatic rings. The maximum absolute atomic E-state index is 12.5. The first-order valence-corrected chi connectivity index (χ1v) is 7.64. The Morgan fingerprint density at radius 3 is 2.12 bits per heavy atom. The van der Waals surface area contributed by atoms with Crippen LogP contribution in [0.25, 0.3) is 0 Å². The fourth-order valence-electron chi connectivity index (χ4n) is 3.02. The molecule has 2 heterocycles. The van der Waals surface area contributed by atoms with E-state index in [9.17, 15) is 19.2 Å². The van der Waals surface area contributed by atoms with Gasteiger partial charge in [-0.25, -0.2) is 4.79 Å². The number of carbonyl (C=O) groups is 4. The lowest BCUT2D eigenvalue weighted by Gasteiger charge is -2.25. The van der Waals surface area contributed by atoms with Gasteiger partial charge < -0.3 is 10.2 Å². The molecule has 7 nitrogen and oxygen atoms in total. The minimum absolute atomic E-state index is 0.0395. The monoisotopic (exact) mass is 336 g/mol. The van der Waals surface area contributed by atoms with Crippen molar-refractivity contribution in [3.63, 3.8) is 0 Å². The Morgan fingerprint density at radius 1 is 0.920 bits per heavy atom. The van der Waals surface area contributed by atoms with E-state index in [1.54, 1.807) is 36.4 Å². The molecule has 2 aliphatic heterocycles. The first-order chi connectivity index (χ1) is 12.1. The third-order valence-electron chi connectivity index (χ3n) is 4.27. The number of nitrogens with zero attached hydrogens (tertiary/aromatic N) is 1. The predicted molar refractivity (Wildman–Crippen MR) is 84.6 cm³/mol. The van der Waals surface area contributed by atoms with Crippen molar-refractivity contribution in [1.82, 2.24) is 10.4 Å². The minimum Gasteiger partial charge on any atom is -0.351 e. The van der Waals surface area contributed by atoms with Gasteiger partial charge in [0.1, 0.15) is 5.92 Å². The van der Waals surface area contributed by atoms with Crippen molar-refractivity contribution in [2.45, 2.75) is 5.92 Å². The Morgan fingerprint density at radius 2 is 1.48 bits per heavy atom. The van der Waals surface area contributed by atoms with Gasteiger partial charge in [-0.15, -0.1) is 0 Å². The Hall–Kier alpha value is -3.48. The number of rotatable bonds is 2. The van der Waals surface area contributed by atoms with Crippen LogP contribution in [0, 0.1) is 0 Å². The highest BCUT2D eigenvalue weighted by atomic mass is 16.7. The van der Waals surface area contributed by atoms with Gasteiger partial charge in [-0.1, -0.05) is 35.4 Å². The van der Waals surface area contributed by atoms with Crippen molar-refractivity contribution in [2.24, 2.45) is 0 Å². The number of fused-ring (bicyclic) bond motifs is 2. The SMILES string of the molecule is O=C1NCC(C(=O)ON2C(=O)c3ccccc3C2=O)c2ccccc21. The van der Waals surface area contributed by atoms with E-state index < -0.39 is 23.7 Å². The van der Waals surface area contributed by atoms with Gasteiger partial charge in [0.25, 0.3) is 17.7 Å². The second-order valence-electron chi connectivity index (χ2n) is 5.71. The zero-order valence-corrected chi connectivity index (χ0v) is 12.9. The van der Waals surface area contributed by atoms with Crippen molar-refractivity contribution in [3.05, 3.63) is 70.8 Å². The zero-order valence-electron chi connectivity index (χ0n) is 12.9. The van der Waals surface area contributed by atoms with Gasteiger partial charge in [-0.2, -0.15) is 0 Å². The fourth-order valence-corrected chi connectivity index (χ4v) is 3.02. The quantitative estimate of drug-likeness (QED) is 0.834. The van der Waals surface area contributed by atoms with Crippen LogP contribution in [0.3, 0.4) is 0 Å². The van der Waals surface area contributed by atoms with E-state index in [2.05, 4.69) is 5.32 Å². The average Bonchev–Trinajstić information content (AvgIpc) is 2.87. The lowest BCUT2D eigenvalue weighted by Crippen LogP contribution is -2.41. The highest BCUT2D eigenvalue weighted by molar-refractivity contribution is 6.21. The van der Waals surface area contributed by atoms with Crippen LogP contribution in [0.2, 0.25) is 0 Å². The van der Waals surface area contributed by atoms with Crippen molar-refractivity contribution in [3.8, 4) is 0 Å². The van der Waals surface area contributed by atoms with Crippen molar-refractivity contribution in [2.75, 3.05) is 6.54 Å². The normalized spacial score (nSPS) is 18.5. The van der Waals surface area contributed by atoms with Crippen LogP contribution in [-0.4, -0.2) is 35.3 Å². The molecule has 0 saturated heterocycles. The van der Waals surface area contributed by atoms with Crippen molar-refractivity contribution < 1.29 is 24.0 Å². The largest absolute Gasteiger partial charge is 0.351 e. The zero-order chi connectivity index (χ0) is 17.6. The van der Waals surface area contributed by atoms with Gasteiger partial charge in [0.15, 0.2) is 0 Å². The van der Waals surface area contributed by atoms with Gasteiger partial charge in [-0.05, 0) is 23.8 Å². The summed E-state index contributed by atoms with van der Waals surface area (Å²) in [7, 11) is 0. The molecular weight excluding hydrogens is 324 g/mol. The highest BCUT2D eigenvalue weighted by Gasteiger charge is 2.41. The van der Waals surface area contributed by atoms with E-state index in [1.807, 2.05) is 0 Å². The molecule has 2 aliphatic rings. The summed E-state index contributed by atoms with van der Waals surface area (Å²) in [4.78, 5) is 54.1. The number of amides is 3. The summed E-state index contributed by atoms with van der Waals surface area (Å²) in [6.45, 7) is 0.0395. The third-order valence-corrected chi connectivity index (χ3v) is 4.27. The van der Waals surface area contributed by atoms with Crippen LogP contribution in [0.15, 0.2) is 48.5 Å².